The van der Waals surface area contributed by atoms with Crippen LogP contribution in [0, 0.1) is 0 Å². The normalized spacial score (nSPS) is 17.1. The molecule has 100 valence electrons. The second-order valence-electron chi connectivity index (χ2n) is 4.83. The van der Waals surface area contributed by atoms with Gasteiger partial charge in [-0.15, -0.1) is 0 Å². The summed E-state index contributed by atoms with van der Waals surface area (Å²) in [7, 11) is 11.0. The van der Waals surface area contributed by atoms with Gasteiger partial charge in [-0.05, 0) is 0 Å². The number of alkyl halides is 2. The van der Waals surface area contributed by atoms with Gasteiger partial charge < -0.3 is 0 Å². The summed E-state index contributed by atoms with van der Waals surface area (Å²) in [6, 6.07) is 0. The quantitative estimate of drug-likeness (QED) is 0.219. The van der Waals surface area contributed by atoms with Crippen LogP contribution in [0.15, 0.2) is 0 Å². The molecule has 0 saturated heterocycles. The maximum atomic E-state index is 2.53. The van der Waals surface area contributed by atoms with Crippen molar-refractivity contribution in [3.8, 4) is 0 Å². The van der Waals surface area contributed by atoms with Crippen molar-refractivity contribution in [2.45, 2.75) is 34.5 Å². The molecule has 0 radical (unpaired) electrons. The number of hydrogen-bond donors (Lipinski definition) is 0. The second-order valence-corrected chi connectivity index (χ2v) is 12.0. The molecule has 0 saturated carbocycles. The molecule has 5 heteroatoms. The molecule has 3 nitrogen and oxygen atoms in total. The van der Waals surface area contributed by atoms with Gasteiger partial charge in [-0.3, -0.25) is 0 Å². The summed E-state index contributed by atoms with van der Waals surface area (Å²) >= 11 is 2.65. The molecule has 0 aromatic rings. The first-order valence-corrected chi connectivity index (χ1v) is 9.17. The molecule has 0 heterocycles. The second kappa shape index (κ2) is 7.70. The van der Waals surface area contributed by atoms with Gasteiger partial charge in [-0.2, -0.15) is 0 Å². The Morgan fingerprint density at radius 2 is 1.62 bits per heavy atom. The van der Waals surface area contributed by atoms with E-state index in [0.717, 1.165) is 10.7 Å². The van der Waals surface area contributed by atoms with E-state index in [1.165, 1.54) is 12.8 Å². The van der Waals surface area contributed by atoms with Gasteiger partial charge in [0.2, 0.25) is 0 Å². The van der Waals surface area contributed by atoms with Crippen molar-refractivity contribution in [1.29, 1.82) is 0 Å². The predicted octanol–water partition coefficient (Wildman–Crippen LogP) is -0.618. The Labute approximate surface area is 126 Å². The van der Waals surface area contributed by atoms with Crippen molar-refractivity contribution in [1.82, 2.24) is 10.1 Å². The SMILES string of the molecule is C[C@H](I)CC[C@@H](C)[I-][N+](C)(C)N(C)N(C)C. The van der Waals surface area contributed by atoms with Crippen LogP contribution in [-0.2, 0) is 0 Å². The average molecular weight is 455 g/mol. The molecule has 0 aromatic carbocycles. The molecule has 0 spiro atoms. The molecule has 0 N–H and O–H groups in total. The Kier molecular flexibility index (Phi) is 8.35. The zero-order valence-electron chi connectivity index (χ0n) is 11.7. The number of hydrazine groups is 1. The van der Waals surface area contributed by atoms with E-state index >= 15 is 0 Å². The molecule has 0 aromatic heterocycles. The molecular weight excluding hydrogens is 428 g/mol. The third kappa shape index (κ3) is 6.93. The number of quaternary nitrogens is 1. The van der Waals surface area contributed by atoms with Crippen LogP contribution < -0.4 is 21.5 Å². The molecule has 0 amide bonds. The Morgan fingerprint density at radius 3 is 2.00 bits per heavy atom. The molecule has 0 aliphatic heterocycles. The Bertz CT molecular complexity index is 196. The van der Waals surface area contributed by atoms with E-state index in [1.54, 1.807) is 0 Å². The fourth-order valence-electron chi connectivity index (χ4n) is 1.40. The summed E-state index contributed by atoms with van der Waals surface area (Å²) in [5.41, 5.74) is 0. The van der Waals surface area contributed by atoms with Crippen LogP contribution >= 0.6 is 22.6 Å². The number of halogens is 2. The van der Waals surface area contributed by atoms with Gasteiger partial charge in [0.15, 0.2) is 0 Å². The molecular formula is C11H27I2N3. The third-order valence-electron chi connectivity index (χ3n) is 2.63. The van der Waals surface area contributed by atoms with Crippen LogP contribution in [0.2, 0.25) is 0 Å². The van der Waals surface area contributed by atoms with Gasteiger partial charge in [0.25, 0.3) is 0 Å². The third-order valence-corrected chi connectivity index (χ3v) is 6.82. The van der Waals surface area contributed by atoms with Crippen LogP contribution in [0.25, 0.3) is 0 Å². The summed E-state index contributed by atoms with van der Waals surface area (Å²) < 4.78 is 2.72. The molecule has 16 heavy (non-hydrogen) atoms. The minimum absolute atomic E-state index is 0.128. The first-order valence-electron chi connectivity index (χ1n) is 5.71. The van der Waals surface area contributed by atoms with Crippen LogP contribution in [0.1, 0.15) is 26.7 Å². The monoisotopic (exact) mass is 455 g/mol. The van der Waals surface area contributed by atoms with Crippen molar-refractivity contribution in [2.24, 2.45) is 0 Å². The van der Waals surface area contributed by atoms with E-state index in [9.17, 15) is 0 Å². The summed E-state index contributed by atoms with van der Waals surface area (Å²) in [5, 5.41) is 4.49. The van der Waals surface area contributed by atoms with E-state index in [0.29, 0.717) is 0 Å². The van der Waals surface area contributed by atoms with Crippen LogP contribution in [0.4, 0.5) is 0 Å². The molecule has 2 atom stereocenters. The van der Waals surface area contributed by atoms with E-state index in [4.69, 9.17) is 0 Å². The van der Waals surface area contributed by atoms with Gasteiger partial charge in [-0.25, -0.2) is 0 Å². The molecule has 0 aliphatic carbocycles. The predicted molar refractivity (Wildman–Crippen MR) is 75.7 cm³/mol. The summed E-state index contributed by atoms with van der Waals surface area (Å²) in [6.07, 6.45) is 2.73. The van der Waals surface area contributed by atoms with Crippen molar-refractivity contribution in [3.63, 3.8) is 0 Å². The number of nitrogens with zero attached hydrogens (tertiary/aromatic N) is 3. The number of rotatable bonds is 7. The Morgan fingerprint density at radius 1 is 1.12 bits per heavy atom. The van der Waals surface area contributed by atoms with Crippen molar-refractivity contribution < 1.29 is 24.3 Å². The van der Waals surface area contributed by atoms with E-state index < -0.39 is 0 Å². The summed E-state index contributed by atoms with van der Waals surface area (Å²) in [4.78, 5) is 0. The van der Waals surface area contributed by atoms with E-state index in [2.05, 4.69) is 81.8 Å². The first-order chi connectivity index (χ1) is 7.16. The van der Waals surface area contributed by atoms with Gasteiger partial charge in [0.05, 0.1) is 0 Å². The average Bonchev–Trinajstić information content (AvgIpc) is 2.12. The fourth-order valence-corrected chi connectivity index (χ4v) is 5.48. The Balaban J connectivity index is 4.14. The minimum atomic E-state index is 0.128. The zero-order valence-corrected chi connectivity index (χ0v) is 16.0. The summed E-state index contributed by atoms with van der Waals surface area (Å²) in [6.45, 7) is 4.72. The van der Waals surface area contributed by atoms with Crippen LogP contribution in [-0.4, -0.2) is 56.0 Å². The van der Waals surface area contributed by atoms with Gasteiger partial charge in [0.1, 0.15) is 0 Å². The van der Waals surface area contributed by atoms with E-state index in [1.807, 2.05) is 0 Å². The fraction of sp³-hybridized carbons (Fsp3) is 1.00. The number of hydrogen-bond acceptors (Lipinski definition) is 2. The first kappa shape index (κ1) is 17.3. The van der Waals surface area contributed by atoms with Crippen molar-refractivity contribution in [2.75, 3.05) is 35.2 Å². The van der Waals surface area contributed by atoms with Gasteiger partial charge in [-0.1, -0.05) is 0 Å². The van der Waals surface area contributed by atoms with Crippen molar-refractivity contribution >= 4 is 22.6 Å². The molecule has 0 rings (SSSR count). The van der Waals surface area contributed by atoms with Crippen LogP contribution in [0.5, 0.6) is 0 Å². The standard InChI is InChI=1S/C11H27I2N3/c1-10(12)8-9-11(2)13-16(6,7)15(5)14(3)4/h10-11H,8-9H2,1-7H3/t10-,11+/m0/s1. The van der Waals surface area contributed by atoms with Gasteiger partial charge >= 0.3 is 127 Å². The maximum absolute atomic E-state index is 2.53. The van der Waals surface area contributed by atoms with Crippen LogP contribution in [0.3, 0.4) is 0 Å². The van der Waals surface area contributed by atoms with Gasteiger partial charge in [0, 0.05) is 0 Å². The van der Waals surface area contributed by atoms with Crippen molar-refractivity contribution in [3.05, 3.63) is 0 Å². The molecule has 0 unspecified atom stereocenters. The molecule has 0 bridgehead atoms. The Hall–Kier alpha value is 1.34. The summed E-state index contributed by atoms with van der Waals surface area (Å²) in [5.74, 6) is 0. The zero-order chi connectivity index (χ0) is 12.9. The topological polar surface area (TPSA) is 6.48 Å². The molecule has 0 fully saturated rings. The molecule has 0 aliphatic rings. The van der Waals surface area contributed by atoms with E-state index in [-0.39, 0.29) is 21.5 Å².